The first-order valence-electron chi connectivity index (χ1n) is 6.52. The molecule has 120 valence electrons. The predicted octanol–water partition coefficient (Wildman–Crippen LogP) is -0.732. The minimum Gasteiger partial charge on any atom is -0.502 e. The van der Waals surface area contributed by atoms with Crippen molar-refractivity contribution in [2.45, 2.75) is 13.0 Å². The zero-order chi connectivity index (χ0) is 16.6. The summed E-state index contributed by atoms with van der Waals surface area (Å²) in [7, 11) is 3.11. The van der Waals surface area contributed by atoms with E-state index in [0.717, 1.165) is 6.20 Å². The summed E-state index contributed by atoms with van der Waals surface area (Å²) in [5.74, 6) is -2.90. The van der Waals surface area contributed by atoms with Crippen LogP contribution in [-0.4, -0.2) is 65.1 Å². The minimum atomic E-state index is -1.47. The van der Waals surface area contributed by atoms with Crippen molar-refractivity contribution < 1.29 is 24.5 Å². The fourth-order valence-corrected chi connectivity index (χ4v) is 2.37. The summed E-state index contributed by atoms with van der Waals surface area (Å²) in [6.45, 7) is 2.22. The molecule has 1 aliphatic heterocycles. The second-order valence-corrected chi connectivity index (χ2v) is 5.10. The Labute approximate surface area is 125 Å². The van der Waals surface area contributed by atoms with Crippen molar-refractivity contribution in [2.75, 3.05) is 32.4 Å². The molecule has 0 saturated carbocycles. The second-order valence-electron chi connectivity index (χ2n) is 5.10. The van der Waals surface area contributed by atoms with Crippen LogP contribution in [0.15, 0.2) is 11.0 Å². The molecule has 0 fully saturated rings. The van der Waals surface area contributed by atoms with Gasteiger partial charge in [0.15, 0.2) is 11.4 Å². The molecule has 0 unspecified atom stereocenters. The fraction of sp³-hybridized carbons (Fsp3) is 0.462. The molecule has 0 aliphatic carbocycles. The first-order valence-corrected chi connectivity index (χ1v) is 6.52. The summed E-state index contributed by atoms with van der Waals surface area (Å²) in [5, 5.41) is 20.5. The van der Waals surface area contributed by atoms with E-state index in [1.165, 1.54) is 21.7 Å². The number of aromatic hydroxyl groups is 1. The maximum absolute atomic E-state index is 12.5. The van der Waals surface area contributed by atoms with Crippen LogP contribution < -0.4 is 10.4 Å². The smallest absolute Gasteiger partial charge is 0.341 e. The molecule has 1 amide bonds. The van der Waals surface area contributed by atoms with Crippen molar-refractivity contribution in [3.8, 4) is 5.75 Å². The second kappa shape index (κ2) is 5.68. The summed E-state index contributed by atoms with van der Waals surface area (Å²) in [6.07, 6.45) is 1.04. The lowest BCUT2D eigenvalue weighted by atomic mass is 10.1. The lowest BCUT2D eigenvalue weighted by Gasteiger charge is -2.40. The van der Waals surface area contributed by atoms with Crippen LogP contribution in [0, 0.1) is 0 Å². The Bertz CT molecular complexity index is 683. The van der Waals surface area contributed by atoms with E-state index in [0.29, 0.717) is 0 Å². The largest absolute Gasteiger partial charge is 0.502 e. The van der Waals surface area contributed by atoms with E-state index >= 15 is 0 Å². The molecule has 1 aliphatic rings. The Kier molecular flexibility index (Phi) is 4.09. The molecule has 0 aromatic carbocycles. The summed E-state index contributed by atoms with van der Waals surface area (Å²) in [4.78, 5) is 36.9. The number of amides is 1. The highest BCUT2D eigenvalue weighted by Gasteiger charge is 2.35. The Morgan fingerprint density at radius 2 is 2.09 bits per heavy atom. The van der Waals surface area contributed by atoms with Gasteiger partial charge >= 0.3 is 5.97 Å². The SMILES string of the molecule is COC[C@H](C)N1CN(C)n2cc(C(=O)O)c(=O)c(O)c2C1=O. The molecular weight excluding hydrogens is 294 g/mol. The summed E-state index contributed by atoms with van der Waals surface area (Å²) < 4.78 is 6.19. The number of methoxy groups -OCH3 is 1. The number of carbonyl (C=O) groups excluding carboxylic acids is 1. The Hall–Kier alpha value is -2.55. The lowest BCUT2D eigenvalue weighted by molar-refractivity contribution is 0.0488. The van der Waals surface area contributed by atoms with E-state index in [1.54, 1.807) is 14.0 Å². The first kappa shape index (κ1) is 15.8. The van der Waals surface area contributed by atoms with E-state index < -0.39 is 28.6 Å². The number of nitrogens with zero attached hydrogens (tertiary/aromatic N) is 3. The number of fused-ring (bicyclic) bond motifs is 1. The van der Waals surface area contributed by atoms with E-state index in [4.69, 9.17) is 9.84 Å². The van der Waals surface area contributed by atoms with Crippen molar-refractivity contribution in [3.05, 3.63) is 27.7 Å². The van der Waals surface area contributed by atoms with Crippen LogP contribution in [0.5, 0.6) is 5.75 Å². The molecule has 2 N–H and O–H groups in total. The highest BCUT2D eigenvalue weighted by atomic mass is 16.5. The van der Waals surface area contributed by atoms with Gasteiger partial charge in [0.25, 0.3) is 5.91 Å². The predicted molar refractivity (Wildman–Crippen MR) is 75.8 cm³/mol. The van der Waals surface area contributed by atoms with Crippen LogP contribution in [-0.2, 0) is 4.74 Å². The number of rotatable bonds is 4. The van der Waals surface area contributed by atoms with Gasteiger partial charge in [0.1, 0.15) is 12.2 Å². The highest BCUT2D eigenvalue weighted by molar-refractivity contribution is 5.98. The van der Waals surface area contributed by atoms with Gasteiger partial charge in [-0.05, 0) is 6.92 Å². The van der Waals surface area contributed by atoms with Crippen LogP contribution in [0.3, 0.4) is 0 Å². The van der Waals surface area contributed by atoms with Gasteiger partial charge in [0.05, 0.1) is 12.6 Å². The molecule has 2 rings (SSSR count). The summed E-state index contributed by atoms with van der Waals surface area (Å²) >= 11 is 0. The molecule has 9 nitrogen and oxygen atoms in total. The Balaban J connectivity index is 2.58. The molecule has 0 radical (unpaired) electrons. The van der Waals surface area contributed by atoms with Gasteiger partial charge in [-0.3, -0.25) is 19.3 Å². The Morgan fingerprint density at radius 3 is 2.64 bits per heavy atom. The molecular formula is C13H17N3O6. The van der Waals surface area contributed by atoms with E-state index in [-0.39, 0.29) is 25.0 Å². The third-order valence-electron chi connectivity index (χ3n) is 3.52. The molecule has 0 bridgehead atoms. The zero-order valence-corrected chi connectivity index (χ0v) is 12.4. The number of carbonyl (C=O) groups is 2. The van der Waals surface area contributed by atoms with Crippen molar-refractivity contribution in [1.82, 2.24) is 9.58 Å². The van der Waals surface area contributed by atoms with Crippen LogP contribution in [0.25, 0.3) is 0 Å². The maximum atomic E-state index is 12.5. The number of hydrogen-bond acceptors (Lipinski definition) is 6. The van der Waals surface area contributed by atoms with Gasteiger partial charge in [0, 0.05) is 20.4 Å². The molecule has 1 atom stereocenters. The minimum absolute atomic E-state index is 0.164. The lowest BCUT2D eigenvalue weighted by Crippen LogP contribution is -2.56. The van der Waals surface area contributed by atoms with Gasteiger partial charge in [-0.1, -0.05) is 0 Å². The number of carboxylic acids is 1. The van der Waals surface area contributed by atoms with Crippen molar-refractivity contribution in [2.24, 2.45) is 0 Å². The molecule has 9 heteroatoms. The van der Waals surface area contributed by atoms with Gasteiger partial charge < -0.3 is 19.8 Å². The number of ether oxygens (including phenoxy) is 1. The van der Waals surface area contributed by atoms with E-state index in [1.807, 2.05) is 0 Å². The number of hydrogen-bond donors (Lipinski definition) is 2. The monoisotopic (exact) mass is 311 g/mol. The van der Waals surface area contributed by atoms with Gasteiger partial charge in [-0.2, -0.15) is 0 Å². The molecule has 22 heavy (non-hydrogen) atoms. The Morgan fingerprint density at radius 1 is 1.45 bits per heavy atom. The first-order chi connectivity index (χ1) is 10.3. The van der Waals surface area contributed by atoms with E-state index in [2.05, 4.69) is 0 Å². The van der Waals surface area contributed by atoms with Gasteiger partial charge in [-0.25, -0.2) is 4.79 Å². The normalized spacial score (nSPS) is 15.7. The standard InChI is InChI=1S/C13H17N3O6/c1-7(5-22-3)15-6-14(2)16-4-8(13(20)21)10(17)11(18)9(16)12(15)19/h4,7,18H,5-6H2,1-3H3,(H,20,21)/t7-/m0/s1. The molecule has 0 saturated heterocycles. The van der Waals surface area contributed by atoms with Crippen LogP contribution in [0.4, 0.5) is 0 Å². The van der Waals surface area contributed by atoms with Gasteiger partial charge in [-0.15, -0.1) is 0 Å². The third-order valence-corrected chi connectivity index (χ3v) is 3.52. The molecule has 1 aromatic heterocycles. The van der Waals surface area contributed by atoms with Crippen molar-refractivity contribution in [3.63, 3.8) is 0 Å². The van der Waals surface area contributed by atoms with Crippen molar-refractivity contribution >= 4 is 11.9 Å². The van der Waals surface area contributed by atoms with Crippen LogP contribution >= 0.6 is 0 Å². The number of carboxylic acid groups (broad SMARTS) is 1. The third kappa shape index (κ3) is 2.39. The van der Waals surface area contributed by atoms with E-state index in [9.17, 15) is 19.5 Å². The average Bonchev–Trinajstić information content (AvgIpc) is 2.45. The number of aromatic nitrogens is 1. The fourth-order valence-electron chi connectivity index (χ4n) is 2.37. The highest BCUT2D eigenvalue weighted by Crippen LogP contribution is 2.22. The maximum Gasteiger partial charge on any atom is 0.341 e. The van der Waals surface area contributed by atoms with Crippen molar-refractivity contribution in [1.29, 1.82) is 0 Å². The molecule has 2 heterocycles. The average molecular weight is 311 g/mol. The topological polar surface area (TPSA) is 112 Å². The van der Waals surface area contributed by atoms with Crippen LogP contribution in [0.1, 0.15) is 27.8 Å². The molecule has 0 spiro atoms. The van der Waals surface area contributed by atoms with Crippen LogP contribution in [0.2, 0.25) is 0 Å². The number of aromatic carboxylic acids is 1. The number of pyridine rings is 1. The summed E-state index contributed by atoms with van der Waals surface area (Å²) in [6, 6.07) is -0.276. The summed E-state index contributed by atoms with van der Waals surface area (Å²) in [5.41, 5.74) is -1.94. The quantitative estimate of drug-likeness (QED) is 0.753. The zero-order valence-electron chi connectivity index (χ0n) is 12.4. The van der Waals surface area contributed by atoms with Gasteiger partial charge in [0.2, 0.25) is 5.43 Å². The molecule has 1 aromatic rings.